The Hall–Kier alpha value is -2.22. The summed E-state index contributed by atoms with van der Waals surface area (Å²) in [4.78, 5) is 11.5. The first kappa shape index (κ1) is 19.5. The molecule has 1 aromatic carbocycles. The summed E-state index contributed by atoms with van der Waals surface area (Å²) in [6.07, 6.45) is 4.84. The molecule has 27 heavy (non-hydrogen) atoms. The highest BCUT2D eigenvalue weighted by Gasteiger charge is 2.28. The molecular weight excluding hydrogens is 364 g/mol. The molecule has 3 aromatic rings. The lowest BCUT2D eigenvalue weighted by molar-refractivity contribution is 0.128. The zero-order valence-corrected chi connectivity index (χ0v) is 16.4. The fourth-order valence-corrected chi connectivity index (χ4v) is 3.39. The van der Waals surface area contributed by atoms with Crippen molar-refractivity contribution in [2.45, 2.75) is 25.9 Å². The highest BCUT2D eigenvalue weighted by molar-refractivity contribution is 5.85. The third-order valence-electron chi connectivity index (χ3n) is 4.94. The maximum Gasteiger partial charge on any atom is 0.241 e. The van der Waals surface area contributed by atoms with E-state index in [9.17, 15) is 0 Å². The Morgan fingerprint density at radius 3 is 2.78 bits per heavy atom. The van der Waals surface area contributed by atoms with Crippen LogP contribution in [-0.4, -0.2) is 44.2 Å². The lowest BCUT2D eigenvalue weighted by atomic mass is 10.1. The maximum absolute atomic E-state index is 5.52. The van der Waals surface area contributed by atoms with Gasteiger partial charge in [0.05, 0.1) is 12.6 Å². The number of hydrogen-bond donors (Lipinski definition) is 1. The molecule has 1 N–H and O–H groups in total. The molecule has 0 amide bonds. The Kier molecular flexibility index (Phi) is 6.26. The molecule has 8 heteroatoms. The number of halogens is 1. The summed E-state index contributed by atoms with van der Waals surface area (Å²) < 4.78 is 7.59. The molecule has 0 radical (unpaired) electrons. The van der Waals surface area contributed by atoms with E-state index in [-0.39, 0.29) is 18.4 Å². The quantitative estimate of drug-likeness (QED) is 0.724. The topological polar surface area (TPSA) is 72.0 Å². The van der Waals surface area contributed by atoms with Crippen molar-refractivity contribution in [3.8, 4) is 11.4 Å². The predicted molar refractivity (Wildman–Crippen MR) is 106 cm³/mol. The second-order valence-electron chi connectivity index (χ2n) is 6.65. The Morgan fingerprint density at radius 1 is 1.26 bits per heavy atom. The highest BCUT2D eigenvalue weighted by Crippen LogP contribution is 2.23. The van der Waals surface area contributed by atoms with E-state index in [0.29, 0.717) is 18.3 Å². The van der Waals surface area contributed by atoms with Gasteiger partial charge in [-0.15, -0.1) is 12.4 Å². The largest absolute Gasteiger partial charge is 0.338 e. The average molecular weight is 389 g/mol. The van der Waals surface area contributed by atoms with E-state index in [1.54, 1.807) is 0 Å². The standard InChI is InChI=1S/C19H24N6O.ClH/c1-3-14-4-6-15(7-5-14)18-22-17(26-23-18)13-25-11-8-20-12-16(25)19-21-9-10-24(19)2;/h4-7,9-10,16,20H,3,8,11-13H2,1-2H3;1H. The summed E-state index contributed by atoms with van der Waals surface area (Å²) in [5.41, 5.74) is 2.29. The van der Waals surface area contributed by atoms with Gasteiger partial charge in [-0.1, -0.05) is 36.3 Å². The molecule has 1 fully saturated rings. The third kappa shape index (κ3) is 4.21. The van der Waals surface area contributed by atoms with E-state index in [1.807, 2.05) is 19.4 Å². The second kappa shape index (κ2) is 8.65. The van der Waals surface area contributed by atoms with Crippen molar-refractivity contribution in [1.29, 1.82) is 0 Å². The number of nitrogens with one attached hydrogen (secondary N) is 1. The molecule has 1 atom stereocenters. The number of aryl methyl sites for hydroxylation is 2. The van der Waals surface area contributed by atoms with Crippen molar-refractivity contribution >= 4 is 12.4 Å². The van der Waals surface area contributed by atoms with Gasteiger partial charge in [-0.05, 0) is 12.0 Å². The molecule has 7 nitrogen and oxygen atoms in total. The molecule has 0 bridgehead atoms. The molecule has 0 aliphatic carbocycles. The summed E-state index contributed by atoms with van der Waals surface area (Å²) in [6.45, 7) is 5.50. The number of hydrogen-bond acceptors (Lipinski definition) is 6. The minimum atomic E-state index is 0. The van der Waals surface area contributed by atoms with Crippen LogP contribution in [-0.2, 0) is 20.0 Å². The van der Waals surface area contributed by atoms with Crippen molar-refractivity contribution in [2.75, 3.05) is 19.6 Å². The zero-order valence-electron chi connectivity index (χ0n) is 15.6. The molecule has 2 aromatic heterocycles. The molecule has 0 saturated carbocycles. The van der Waals surface area contributed by atoms with Crippen molar-refractivity contribution < 1.29 is 4.52 Å². The average Bonchev–Trinajstić information content (AvgIpc) is 3.31. The van der Waals surface area contributed by atoms with E-state index >= 15 is 0 Å². The molecule has 1 aliphatic rings. The second-order valence-corrected chi connectivity index (χ2v) is 6.65. The Labute approximate surface area is 165 Å². The first-order valence-corrected chi connectivity index (χ1v) is 9.08. The van der Waals surface area contributed by atoms with Crippen molar-refractivity contribution in [1.82, 2.24) is 29.9 Å². The Balaban J connectivity index is 0.00000210. The van der Waals surface area contributed by atoms with Crippen LogP contribution in [0.15, 0.2) is 41.2 Å². The van der Waals surface area contributed by atoms with Crippen LogP contribution >= 0.6 is 12.4 Å². The highest BCUT2D eigenvalue weighted by atomic mass is 35.5. The lowest BCUT2D eigenvalue weighted by Gasteiger charge is -2.34. The predicted octanol–water partition coefficient (Wildman–Crippen LogP) is 2.60. The smallest absolute Gasteiger partial charge is 0.241 e. The molecular formula is C19H25ClN6O. The fraction of sp³-hybridized carbons (Fsp3) is 0.421. The monoisotopic (exact) mass is 388 g/mol. The summed E-state index contributed by atoms with van der Waals surface area (Å²) in [5.74, 6) is 2.33. The van der Waals surface area contributed by atoms with Crippen LogP contribution in [0.2, 0.25) is 0 Å². The maximum atomic E-state index is 5.52. The SMILES string of the molecule is CCc1ccc(-c2noc(CN3CCNCC3c3nccn3C)n2)cc1.Cl. The van der Waals surface area contributed by atoms with Gasteiger partial charge in [0.1, 0.15) is 5.82 Å². The van der Waals surface area contributed by atoms with Crippen LogP contribution in [0.25, 0.3) is 11.4 Å². The van der Waals surface area contributed by atoms with Crippen LogP contribution in [0.3, 0.4) is 0 Å². The molecule has 1 aliphatic heterocycles. The van der Waals surface area contributed by atoms with Gasteiger partial charge in [-0.2, -0.15) is 4.98 Å². The van der Waals surface area contributed by atoms with Gasteiger partial charge in [0, 0.05) is 44.6 Å². The van der Waals surface area contributed by atoms with E-state index in [1.165, 1.54) is 5.56 Å². The van der Waals surface area contributed by atoms with E-state index in [4.69, 9.17) is 4.52 Å². The minimum Gasteiger partial charge on any atom is -0.338 e. The van der Waals surface area contributed by atoms with Gasteiger partial charge in [0.25, 0.3) is 0 Å². The van der Waals surface area contributed by atoms with Crippen LogP contribution in [0.4, 0.5) is 0 Å². The molecule has 0 spiro atoms. The van der Waals surface area contributed by atoms with Crippen LogP contribution in [0, 0.1) is 0 Å². The third-order valence-corrected chi connectivity index (χ3v) is 4.94. The summed E-state index contributed by atoms with van der Waals surface area (Å²) >= 11 is 0. The Morgan fingerprint density at radius 2 is 2.07 bits per heavy atom. The summed E-state index contributed by atoms with van der Waals surface area (Å²) in [5, 5.41) is 7.61. The van der Waals surface area contributed by atoms with Gasteiger partial charge in [0.15, 0.2) is 0 Å². The molecule has 1 saturated heterocycles. The van der Waals surface area contributed by atoms with Gasteiger partial charge in [0.2, 0.25) is 11.7 Å². The van der Waals surface area contributed by atoms with Crippen molar-refractivity contribution in [2.24, 2.45) is 7.05 Å². The van der Waals surface area contributed by atoms with Crippen LogP contribution in [0.1, 0.15) is 30.2 Å². The van der Waals surface area contributed by atoms with E-state index < -0.39 is 0 Å². The summed E-state index contributed by atoms with van der Waals surface area (Å²) in [7, 11) is 2.03. The van der Waals surface area contributed by atoms with E-state index in [2.05, 4.69) is 61.1 Å². The van der Waals surface area contributed by atoms with Crippen molar-refractivity contribution in [3.05, 3.63) is 53.9 Å². The first-order valence-electron chi connectivity index (χ1n) is 9.08. The van der Waals surface area contributed by atoms with Crippen molar-refractivity contribution in [3.63, 3.8) is 0 Å². The number of imidazole rings is 1. The van der Waals surface area contributed by atoms with Crippen LogP contribution < -0.4 is 5.32 Å². The zero-order chi connectivity index (χ0) is 17.9. The lowest BCUT2D eigenvalue weighted by Crippen LogP contribution is -2.46. The van der Waals surface area contributed by atoms with Gasteiger partial charge >= 0.3 is 0 Å². The van der Waals surface area contributed by atoms with Gasteiger partial charge in [-0.25, -0.2) is 4.98 Å². The fourth-order valence-electron chi connectivity index (χ4n) is 3.39. The van der Waals surface area contributed by atoms with Gasteiger partial charge < -0.3 is 14.4 Å². The molecule has 144 valence electrons. The first-order chi connectivity index (χ1) is 12.7. The number of nitrogens with zero attached hydrogens (tertiary/aromatic N) is 5. The molecule has 3 heterocycles. The normalized spacial score (nSPS) is 17.6. The van der Waals surface area contributed by atoms with Gasteiger partial charge in [-0.3, -0.25) is 4.90 Å². The van der Waals surface area contributed by atoms with Crippen LogP contribution in [0.5, 0.6) is 0 Å². The number of rotatable bonds is 5. The number of piperazine rings is 1. The van der Waals surface area contributed by atoms with E-state index in [0.717, 1.165) is 37.4 Å². The number of aromatic nitrogens is 4. The summed E-state index contributed by atoms with van der Waals surface area (Å²) in [6, 6.07) is 8.52. The molecule has 4 rings (SSSR count). The Bertz CT molecular complexity index is 859. The minimum absolute atomic E-state index is 0. The molecule has 1 unspecified atom stereocenters. The number of benzene rings is 1.